The summed E-state index contributed by atoms with van der Waals surface area (Å²) in [7, 11) is -1.65. The van der Waals surface area contributed by atoms with E-state index in [1.807, 2.05) is 31.2 Å². The van der Waals surface area contributed by atoms with Crippen LogP contribution >= 0.6 is 0 Å². The number of nitrogens with one attached hydrogen (secondary N) is 1. The van der Waals surface area contributed by atoms with E-state index in [1.54, 1.807) is 25.3 Å². The SMILES string of the molecule is COc1ccc(CNC(=O)c2ccc(N3CCCCS3(=O)=O)c(C)c2)cc1. The number of anilines is 1. The predicted molar refractivity (Wildman–Crippen MR) is 106 cm³/mol. The van der Waals surface area contributed by atoms with Crippen LogP contribution in [0.1, 0.15) is 34.3 Å². The third-order valence-electron chi connectivity index (χ3n) is 4.69. The minimum Gasteiger partial charge on any atom is -0.497 e. The van der Waals surface area contributed by atoms with E-state index in [9.17, 15) is 13.2 Å². The summed E-state index contributed by atoms with van der Waals surface area (Å²) in [5, 5.41) is 2.88. The number of aryl methyl sites for hydroxylation is 1. The van der Waals surface area contributed by atoms with Crippen LogP contribution in [0.5, 0.6) is 5.75 Å². The Morgan fingerprint density at radius 2 is 1.89 bits per heavy atom. The first-order valence-electron chi connectivity index (χ1n) is 8.93. The van der Waals surface area contributed by atoms with Gasteiger partial charge in [0.1, 0.15) is 5.75 Å². The number of carbonyl (C=O) groups is 1. The maximum atomic E-state index is 12.4. The first kappa shape index (κ1) is 19.2. The van der Waals surface area contributed by atoms with Crippen LogP contribution in [0.3, 0.4) is 0 Å². The van der Waals surface area contributed by atoms with Crippen molar-refractivity contribution in [3.05, 3.63) is 59.2 Å². The van der Waals surface area contributed by atoms with Crippen molar-refractivity contribution < 1.29 is 17.9 Å². The van der Waals surface area contributed by atoms with Crippen molar-refractivity contribution in [2.75, 3.05) is 23.7 Å². The number of sulfonamides is 1. The smallest absolute Gasteiger partial charge is 0.251 e. The molecular weight excluding hydrogens is 364 g/mol. The zero-order chi connectivity index (χ0) is 19.4. The minimum absolute atomic E-state index is 0.177. The van der Waals surface area contributed by atoms with E-state index in [0.29, 0.717) is 30.8 Å². The highest BCUT2D eigenvalue weighted by Crippen LogP contribution is 2.27. The lowest BCUT2D eigenvalue weighted by Gasteiger charge is -2.29. The van der Waals surface area contributed by atoms with Gasteiger partial charge in [-0.1, -0.05) is 12.1 Å². The van der Waals surface area contributed by atoms with Crippen LogP contribution in [0.25, 0.3) is 0 Å². The standard InChI is InChI=1S/C20H24N2O4S/c1-15-13-17(7-10-19(15)22-11-3-4-12-27(22,24)25)20(23)21-14-16-5-8-18(26-2)9-6-16/h5-10,13H,3-4,11-12,14H2,1-2H3,(H,21,23). The Morgan fingerprint density at radius 3 is 2.52 bits per heavy atom. The fourth-order valence-corrected chi connectivity index (χ4v) is 4.86. The van der Waals surface area contributed by atoms with E-state index in [2.05, 4.69) is 5.32 Å². The first-order chi connectivity index (χ1) is 12.9. The molecule has 0 atom stereocenters. The van der Waals surface area contributed by atoms with Gasteiger partial charge in [-0.25, -0.2) is 8.42 Å². The summed E-state index contributed by atoms with van der Waals surface area (Å²) in [4.78, 5) is 12.4. The Morgan fingerprint density at radius 1 is 1.15 bits per heavy atom. The molecule has 2 aromatic carbocycles. The van der Waals surface area contributed by atoms with Crippen LogP contribution in [-0.2, 0) is 16.6 Å². The molecule has 1 N–H and O–H groups in total. The first-order valence-corrected chi connectivity index (χ1v) is 10.5. The van der Waals surface area contributed by atoms with Gasteiger partial charge in [0, 0.05) is 18.7 Å². The van der Waals surface area contributed by atoms with Crippen molar-refractivity contribution in [1.29, 1.82) is 0 Å². The lowest BCUT2D eigenvalue weighted by Crippen LogP contribution is -2.38. The van der Waals surface area contributed by atoms with Gasteiger partial charge in [0.15, 0.2) is 0 Å². The normalized spacial score (nSPS) is 16.0. The summed E-state index contributed by atoms with van der Waals surface area (Å²) in [5.41, 5.74) is 2.91. The molecule has 0 aliphatic carbocycles. The van der Waals surface area contributed by atoms with Crippen molar-refractivity contribution in [3.8, 4) is 5.75 Å². The monoisotopic (exact) mass is 388 g/mol. The molecule has 1 heterocycles. The molecule has 0 radical (unpaired) electrons. The summed E-state index contributed by atoms with van der Waals surface area (Å²) >= 11 is 0. The second kappa shape index (κ2) is 8.00. The fraction of sp³-hybridized carbons (Fsp3) is 0.350. The maximum absolute atomic E-state index is 12.4. The topological polar surface area (TPSA) is 75.7 Å². The third kappa shape index (κ3) is 4.42. The van der Waals surface area contributed by atoms with Gasteiger partial charge in [-0.15, -0.1) is 0 Å². The molecule has 1 fully saturated rings. The Hall–Kier alpha value is -2.54. The van der Waals surface area contributed by atoms with E-state index in [-0.39, 0.29) is 11.7 Å². The largest absolute Gasteiger partial charge is 0.497 e. The van der Waals surface area contributed by atoms with Crippen LogP contribution in [0.4, 0.5) is 5.69 Å². The Bertz CT molecular complexity index is 923. The molecule has 144 valence electrons. The lowest BCUT2D eigenvalue weighted by atomic mass is 10.1. The van der Waals surface area contributed by atoms with E-state index >= 15 is 0 Å². The lowest BCUT2D eigenvalue weighted by molar-refractivity contribution is 0.0951. The molecule has 2 aromatic rings. The van der Waals surface area contributed by atoms with Gasteiger partial charge >= 0.3 is 0 Å². The molecule has 6 nitrogen and oxygen atoms in total. The number of amides is 1. The van der Waals surface area contributed by atoms with Crippen LogP contribution < -0.4 is 14.4 Å². The van der Waals surface area contributed by atoms with Crippen LogP contribution in [0.2, 0.25) is 0 Å². The molecule has 1 aliphatic heterocycles. The van der Waals surface area contributed by atoms with Gasteiger partial charge in [0.05, 0.1) is 18.6 Å². The number of hydrogen-bond donors (Lipinski definition) is 1. The summed E-state index contributed by atoms with van der Waals surface area (Å²) in [6.45, 7) is 2.73. The van der Waals surface area contributed by atoms with Gasteiger partial charge in [-0.05, 0) is 61.2 Å². The van der Waals surface area contributed by atoms with Crippen molar-refractivity contribution in [1.82, 2.24) is 5.32 Å². The van der Waals surface area contributed by atoms with E-state index < -0.39 is 10.0 Å². The van der Waals surface area contributed by atoms with Crippen LogP contribution in [0, 0.1) is 6.92 Å². The van der Waals surface area contributed by atoms with Crippen LogP contribution in [-0.4, -0.2) is 33.7 Å². The van der Waals surface area contributed by atoms with Crippen LogP contribution in [0.15, 0.2) is 42.5 Å². The Kier molecular flexibility index (Phi) is 5.70. The average Bonchev–Trinajstić information content (AvgIpc) is 2.66. The third-order valence-corrected chi connectivity index (χ3v) is 6.54. The van der Waals surface area contributed by atoms with Gasteiger partial charge in [-0.2, -0.15) is 0 Å². The molecule has 7 heteroatoms. The van der Waals surface area contributed by atoms with Crippen molar-refractivity contribution in [3.63, 3.8) is 0 Å². The summed E-state index contributed by atoms with van der Waals surface area (Å²) in [5.74, 6) is 0.752. The van der Waals surface area contributed by atoms with Gasteiger partial charge in [0.2, 0.25) is 10.0 Å². The summed E-state index contributed by atoms with van der Waals surface area (Å²) < 4.78 is 31.2. The predicted octanol–water partition coefficient (Wildman–Crippen LogP) is 2.86. The average molecular weight is 388 g/mol. The van der Waals surface area contributed by atoms with E-state index in [1.165, 1.54) is 4.31 Å². The van der Waals surface area contributed by atoms with Gasteiger partial charge < -0.3 is 10.1 Å². The Balaban J connectivity index is 1.69. The van der Waals surface area contributed by atoms with E-state index in [4.69, 9.17) is 4.74 Å². The molecule has 0 unspecified atom stereocenters. The highest BCUT2D eigenvalue weighted by atomic mass is 32.2. The second-order valence-corrected chi connectivity index (χ2v) is 8.64. The molecule has 0 saturated carbocycles. The maximum Gasteiger partial charge on any atom is 0.251 e. The van der Waals surface area contributed by atoms with Gasteiger partial charge in [0.25, 0.3) is 5.91 Å². The van der Waals surface area contributed by atoms with E-state index in [0.717, 1.165) is 23.3 Å². The Labute approximate surface area is 160 Å². The number of rotatable bonds is 5. The highest BCUT2D eigenvalue weighted by Gasteiger charge is 2.27. The highest BCUT2D eigenvalue weighted by molar-refractivity contribution is 7.92. The number of hydrogen-bond acceptors (Lipinski definition) is 4. The molecular formula is C20H24N2O4S. The number of benzene rings is 2. The summed E-state index contributed by atoms with van der Waals surface area (Å²) in [6, 6.07) is 12.6. The molecule has 1 saturated heterocycles. The number of ether oxygens (including phenoxy) is 1. The van der Waals surface area contributed by atoms with Crippen molar-refractivity contribution in [2.24, 2.45) is 0 Å². The molecule has 1 amide bonds. The number of methoxy groups -OCH3 is 1. The molecule has 27 heavy (non-hydrogen) atoms. The molecule has 3 rings (SSSR count). The van der Waals surface area contributed by atoms with Crippen molar-refractivity contribution >= 4 is 21.6 Å². The quantitative estimate of drug-likeness (QED) is 0.855. The van der Waals surface area contributed by atoms with Crippen molar-refractivity contribution in [2.45, 2.75) is 26.3 Å². The molecule has 1 aliphatic rings. The number of nitrogens with zero attached hydrogens (tertiary/aromatic N) is 1. The molecule has 0 bridgehead atoms. The zero-order valence-electron chi connectivity index (χ0n) is 15.6. The number of carbonyl (C=O) groups excluding carboxylic acids is 1. The minimum atomic E-state index is -3.26. The van der Waals surface area contributed by atoms with Gasteiger partial charge in [-0.3, -0.25) is 9.10 Å². The summed E-state index contributed by atoms with van der Waals surface area (Å²) in [6.07, 6.45) is 1.55. The fourth-order valence-electron chi connectivity index (χ4n) is 3.16. The zero-order valence-corrected chi connectivity index (χ0v) is 16.4. The second-order valence-electron chi connectivity index (χ2n) is 6.63. The molecule has 0 aromatic heterocycles. The molecule has 0 spiro atoms.